The highest BCUT2D eigenvalue weighted by atomic mass is 32.1. The molecule has 2 amide bonds. The van der Waals surface area contributed by atoms with E-state index >= 15 is 0 Å². The smallest absolute Gasteiger partial charge is 0.308 e. The number of methoxy groups -OCH3 is 2. The van der Waals surface area contributed by atoms with Crippen molar-refractivity contribution >= 4 is 29.1 Å². The predicted molar refractivity (Wildman–Crippen MR) is 173 cm³/mol. The molecule has 0 unspecified atom stereocenters. The first kappa shape index (κ1) is 37.7. The van der Waals surface area contributed by atoms with E-state index in [4.69, 9.17) is 15.0 Å². The summed E-state index contributed by atoms with van der Waals surface area (Å²) in [6.45, 7) is 10.0. The Kier molecular flexibility index (Phi) is 16.0. The van der Waals surface area contributed by atoms with Crippen molar-refractivity contribution in [2.24, 2.45) is 22.9 Å². The number of nitrogens with one attached hydrogen (secondary N) is 1. The number of amides is 2. The van der Waals surface area contributed by atoms with Crippen LogP contribution >= 0.6 is 11.3 Å². The summed E-state index contributed by atoms with van der Waals surface area (Å²) in [6, 6.07) is 8.02. The molecule has 1 aromatic carbocycles. The summed E-state index contributed by atoms with van der Waals surface area (Å²) in [4.78, 5) is 48.1. The van der Waals surface area contributed by atoms with E-state index < -0.39 is 30.0 Å². The van der Waals surface area contributed by atoms with E-state index in [1.54, 1.807) is 24.3 Å². The number of azide groups is 1. The van der Waals surface area contributed by atoms with Crippen molar-refractivity contribution in [3.8, 4) is 0 Å². The lowest BCUT2D eigenvalue weighted by Gasteiger charge is -2.37. The number of carbonyl (C=O) groups is 3. The summed E-state index contributed by atoms with van der Waals surface area (Å²) in [5, 5.41) is 20.0. The molecule has 0 radical (unpaired) electrons. The fourth-order valence-corrected chi connectivity index (χ4v) is 5.99. The number of carbonyl (C=O) groups excluding carboxylic acids is 3. The molecule has 13 heteroatoms. The third-order valence-electron chi connectivity index (χ3n) is 8.01. The Labute approximate surface area is 270 Å². The maximum atomic E-state index is 13.7. The highest BCUT2D eigenvalue weighted by Gasteiger charge is 2.35. The van der Waals surface area contributed by atoms with Crippen molar-refractivity contribution in [3.63, 3.8) is 0 Å². The van der Waals surface area contributed by atoms with Gasteiger partial charge in [0.05, 0.1) is 19.6 Å². The quantitative estimate of drug-likeness (QED) is 0.0902. The molecule has 0 fully saturated rings. The van der Waals surface area contributed by atoms with E-state index in [0.29, 0.717) is 24.3 Å². The lowest BCUT2D eigenvalue weighted by molar-refractivity contribution is -0.145. The van der Waals surface area contributed by atoms with Gasteiger partial charge in [-0.2, -0.15) is 0 Å². The van der Waals surface area contributed by atoms with Gasteiger partial charge in [0.1, 0.15) is 22.8 Å². The average molecular weight is 645 g/mol. The minimum Gasteiger partial charge on any atom is -0.469 e. The summed E-state index contributed by atoms with van der Waals surface area (Å²) in [5.41, 5.74) is 10.3. The molecule has 2 aromatic rings. The maximum Gasteiger partial charge on any atom is 0.308 e. The van der Waals surface area contributed by atoms with Gasteiger partial charge in [-0.25, -0.2) is 4.98 Å². The zero-order chi connectivity index (χ0) is 33.5. The first-order valence-corrected chi connectivity index (χ1v) is 16.2. The minimum atomic E-state index is -1.05. The molecule has 0 bridgehead atoms. The lowest BCUT2D eigenvalue weighted by Crippen LogP contribution is -2.50. The van der Waals surface area contributed by atoms with E-state index in [1.165, 1.54) is 7.11 Å². The Hall–Kier alpha value is -3.51. The number of aliphatic hydroxyl groups is 1. The Bertz CT molecular complexity index is 1270. The Morgan fingerprint density at radius 1 is 1.13 bits per heavy atom. The number of hydrogen-bond acceptors (Lipinski definition) is 9. The molecule has 0 aliphatic rings. The number of nitrogens with zero attached hydrogens (tertiary/aromatic N) is 5. The van der Waals surface area contributed by atoms with Crippen molar-refractivity contribution in [3.05, 3.63) is 62.4 Å². The summed E-state index contributed by atoms with van der Waals surface area (Å²) in [6.07, 6.45) is 0.658. The Morgan fingerprint density at radius 3 is 2.40 bits per heavy atom. The van der Waals surface area contributed by atoms with Gasteiger partial charge in [-0.15, -0.1) is 11.3 Å². The second kappa shape index (κ2) is 19.1. The van der Waals surface area contributed by atoms with Gasteiger partial charge in [0.2, 0.25) is 5.91 Å². The van der Waals surface area contributed by atoms with Gasteiger partial charge in [0, 0.05) is 42.5 Å². The van der Waals surface area contributed by atoms with Crippen LogP contribution in [0.3, 0.4) is 0 Å². The number of rotatable bonds is 19. The van der Waals surface area contributed by atoms with Crippen LogP contribution < -0.4 is 5.32 Å². The third-order valence-corrected chi connectivity index (χ3v) is 8.95. The fourth-order valence-electron chi connectivity index (χ4n) is 5.19. The van der Waals surface area contributed by atoms with Gasteiger partial charge in [-0.05, 0) is 35.8 Å². The molecule has 1 aromatic heterocycles. The number of aromatic nitrogens is 1. The summed E-state index contributed by atoms with van der Waals surface area (Å²) in [7, 11) is 2.89. The van der Waals surface area contributed by atoms with Crippen LogP contribution in [-0.4, -0.2) is 78.3 Å². The predicted octanol–water partition coefficient (Wildman–Crippen LogP) is 5.33. The van der Waals surface area contributed by atoms with E-state index in [0.717, 1.165) is 16.9 Å². The maximum absolute atomic E-state index is 13.7. The number of aliphatic hydroxyl groups excluding tert-OH is 1. The molecule has 248 valence electrons. The largest absolute Gasteiger partial charge is 0.469 e. The highest BCUT2D eigenvalue weighted by Crippen LogP contribution is 2.29. The number of thiazole rings is 1. The van der Waals surface area contributed by atoms with Crippen molar-refractivity contribution in [1.29, 1.82) is 0 Å². The summed E-state index contributed by atoms with van der Waals surface area (Å²) >= 11 is 1.16. The van der Waals surface area contributed by atoms with Crippen LogP contribution in [0.4, 0.5) is 0 Å². The van der Waals surface area contributed by atoms with Crippen molar-refractivity contribution in [1.82, 2.24) is 15.2 Å². The van der Waals surface area contributed by atoms with E-state index in [1.807, 2.05) is 58.0 Å². The standard InChI is InChI=1S/C32H48N6O6S/c1-8-21(4)28(36-37-33)31(41)38(14-15-43-6)26(20(2)3)18-27(39)30-35-25(19-45-30)29(40)34-24(16-22(5)32(42)44-7)17-23-12-10-9-11-13-23/h9-13,19-22,24,26-28,39H,8,14-18H2,1-7H3,(H,34,40)/t21-,22-,24+,26+,27+,28-/m0/s1. The molecule has 12 nitrogen and oxygen atoms in total. The molecule has 1 heterocycles. The van der Waals surface area contributed by atoms with Gasteiger partial charge in [-0.1, -0.05) is 76.5 Å². The van der Waals surface area contributed by atoms with Crippen LogP contribution in [0.2, 0.25) is 0 Å². The lowest BCUT2D eigenvalue weighted by atomic mass is 9.93. The van der Waals surface area contributed by atoms with Gasteiger partial charge < -0.3 is 24.8 Å². The monoisotopic (exact) mass is 644 g/mol. The van der Waals surface area contributed by atoms with E-state index in [9.17, 15) is 19.5 Å². The van der Waals surface area contributed by atoms with Crippen LogP contribution in [0.1, 0.15) is 81.0 Å². The number of esters is 1. The van der Waals surface area contributed by atoms with Gasteiger partial charge in [-0.3, -0.25) is 14.4 Å². The van der Waals surface area contributed by atoms with Crippen LogP contribution in [0.15, 0.2) is 40.8 Å². The van der Waals surface area contributed by atoms with Crippen LogP contribution in [0.5, 0.6) is 0 Å². The summed E-state index contributed by atoms with van der Waals surface area (Å²) in [5.74, 6) is -1.72. The molecular weight excluding hydrogens is 596 g/mol. The zero-order valence-corrected chi connectivity index (χ0v) is 28.2. The van der Waals surface area contributed by atoms with Gasteiger partial charge in [0.15, 0.2) is 0 Å². The average Bonchev–Trinajstić information content (AvgIpc) is 3.53. The molecule has 0 aliphatic heterocycles. The molecule has 2 N–H and O–H groups in total. The second-order valence-electron chi connectivity index (χ2n) is 11.7. The topological polar surface area (TPSA) is 167 Å². The SMILES string of the molecule is CC[C@H](C)[C@H](N=[N+]=[N-])C(=O)N(CCOC)[C@H](C[C@@H](O)c1nc(C(=O)N[C@@H](Cc2ccccc2)C[C@H](C)C(=O)OC)cs1)C(C)C. The molecule has 45 heavy (non-hydrogen) atoms. The number of benzene rings is 1. The molecule has 0 saturated heterocycles. The Balaban J connectivity index is 2.25. The Morgan fingerprint density at radius 2 is 1.82 bits per heavy atom. The first-order valence-electron chi connectivity index (χ1n) is 15.4. The molecule has 6 atom stereocenters. The van der Waals surface area contributed by atoms with Crippen LogP contribution in [0, 0.1) is 17.8 Å². The van der Waals surface area contributed by atoms with Crippen molar-refractivity contribution < 1.29 is 29.0 Å². The number of hydrogen-bond donors (Lipinski definition) is 2. The van der Waals surface area contributed by atoms with Crippen molar-refractivity contribution in [2.45, 2.75) is 84.5 Å². The summed E-state index contributed by atoms with van der Waals surface area (Å²) < 4.78 is 10.2. The zero-order valence-electron chi connectivity index (χ0n) is 27.4. The van der Waals surface area contributed by atoms with Gasteiger partial charge in [0.25, 0.3) is 5.91 Å². The van der Waals surface area contributed by atoms with Crippen LogP contribution in [0.25, 0.3) is 10.4 Å². The van der Waals surface area contributed by atoms with Crippen molar-refractivity contribution in [2.75, 3.05) is 27.4 Å². The first-order chi connectivity index (χ1) is 21.5. The van der Waals surface area contributed by atoms with E-state index in [-0.39, 0.29) is 55.0 Å². The fraction of sp³-hybridized carbons (Fsp3) is 0.625. The van der Waals surface area contributed by atoms with Gasteiger partial charge >= 0.3 is 5.97 Å². The second-order valence-corrected chi connectivity index (χ2v) is 12.6. The molecule has 0 aliphatic carbocycles. The highest BCUT2D eigenvalue weighted by molar-refractivity contribution is 7.09. The molecule has 0 saturated carbocycles. The molecule has 2 rings (SSSR count). The van der Waals surface area contributed by atoms with Crippen LogP contribution in [-0.2, 0) is 25.5 Å². The van der Waals surface area contributed by atoms with E-state index in [2.05, 4.69) is 20.3 Å². The number of ether oxygens (including phenoxy) is 2. The minimum absolute atomic E-state index is 0.0534. The molecule has 0 spiro atoms. The normalized spacial score (nSPS) is 15.2. The molecular formula is C32H48N6O6S. The third kappa shape index (κ3) is 11.4.